The van der Waals surface area contributed by atoms with Crippen LogP contribution < -0.4 is 5.32 Å². The highest BCUT2D eigenvalue weighted by Crippen LogP contribution is 2.29. The molecular formula is C15H27N3O3. The number of nitrogens with zero attached hydrogens (tertiary/aromatic N) is 2. The number of ether oxygens (including phenoxy) is 1. The highest BCUT2D eigenvalue weighted by atomic mass is 16.6. The summed E-state index contributed by atoms with van der Waals surface area (Å²) in [7, 11) is 1.85. The molecule has 1 saturated heterocycles. The number of piperidine rings is 1. The van der Waals surface area contributed by atoms with E-state index in [0.717, 1.165) is 19.4 Å². The van der Waals surface area contributed by atoms with Crippen molar-refractivity contribution in [1.82, 2.24) is 15.1 Å². The third kappa shape index (κ3) is 5.10. The van der Waals surface area contributed by atoms with E-state index in [0.29, 0.717) is 19.0 Å². The summed E-state index contributed by atoms with van der Waals surface area (Å²) in [4.78, 5) is 27.3. The van der Waals surface area contributed by atoms with Gasteiger partial charge in [0.2, 0.25) is 0 Å². The zero-order chi connectivity index (χ0) is 15.4. The SMILES string of the molecule is CC(C)OC(=O)N1CCC(NC(=O)N(C)CC2CC2)CC1. The zero-order valence-corrected chi connectivity index (χ0v) is 13.3. The van der Waals surface area contributed by atoms with Crippen LogP contribution in [0.4, 0.5) is 9.59 Å². The first-order valence-electron chi connectivity index (χ1n) is 7.93. The molecular weight excluding hydrogens is 270 g/mol. The largest absolute Gasteiger partial charge is 0.447 e. The number of hydrogen-bond donors (Lipinski definition) is 1. The molecule has 0 aromatic carbocycles. The van der Waals surface area contributed by atoms with Crippen molar-refractivity contribution in [2.24, 2.45) is 5.92 Å². The van der Waals surface area contributed by atoms with Crippen LogP contribution in [0.3, 0.4) is 0 Å². The van der Waals surface area contributed by atoms with Gasteiger partial charge in [0.1, 0.15) is 0 Å². The topological polar surface area (TPSA) is 61.9 Å². The predicted molar refractivity (Wildman–Crippen MR) is 80.1 cm³/mol. The van der Waals surface area contributed by atoms with Gasteiger partial charge < -0.3 is 19.9 Å². The molecule has 2 fully saturated rings. The Bertz CT molecular complexity index is 374. The molecule has 0 aromatic heterocycles. The lowest BCUT2D eigenvalue weighted by molar-refractivity contribution is 0.0681. The molecule has 0 aromatic rings. The number of amides is 3. The molecule has 1 aliphatic heterocycles. The summed E-state index contributed by atoms with van der Waals surface area (Å²) >= 11 is 0. The van der Waals surface area contributed by atoms with Crippen molar-refractivity contribution in [2.45, 2.75) is 51.7 Å². The van der Waals surface area contributed by atoms with Gasteiger partial charge in [0.25, 0.3) is 0 Å². The van der Waals surface area contributed by atoms with E-state index < -0.39 is 0 Å². The fraction of sp³-hybridized carbons (Fsp3) is 0.867. The van der Waals surface area contributed by atoms with Crippen LogP contribution in [0.15, 0.2) is 0 Å². The standard InChI is InChI=1S/C15H27N3O3/c1-11(2)21-15(20)18-8-6-13(7-9-18)16-14(19)17(3)10-12-4-5-12/h11-13H,4-10H2,1-3H3,(H,16,19). The van der Waals surface area contributed by atoms with Crippen molar-refractivity contribution >= 4 is 12.1 Å². The molecule has 1 saturated carbocycles. The van der Waals surface area contributed by atoms with E-state index in [-0.39, 0.29) is 24.3 Å². The monoisotopic (exact) mass is 297 g/mol. The number of urea groups is 1. The summed E-state index contributed by atoms with van der Waals surface area (Å²) < 4.78 is 5.19. The summed E-state index contributed by atoms with van der Waals surface area (Å²) in [5, 5.41) is 3.06. The maximum atomic E-state index is 12.0. The maximum absolute atomic E-state index is 12.0. The van der Waals surface area contributed by atoms with Crippen molar-refractivity contribution in [2.75, 3.05) is 26.7 Å². The number of likely N-dealkylation sites (tertiary alicyclic amines) is 1. The fourth-order valence-corrected chi connectivity index (χ4v) is 2.54. The molecule has 2 rings (SSSR count). The van der Waals surface area contributed by atoms with Gasteiger partial charge in [0.05, 0.1) is 6.10 Å². The average Bonchev–Trinajstić information content (AvgIpc) is 3.22. The first-order chi connectivity index (χ1) is 9.95. The summed E-state index contributed by atoms with van der Waals surface area (Å²) in [5.41, 5.74) is 0. The summed E-state index contributed by atoms with van der Waals surface area (Å²) in [5.74, 6) is 0.702. The Morgan fingerprint density at radius 1 is 1.24 bits per heavy atom. The number of hydrogen-bond acceptors (Lipinski definition) is 3. The molecule has 2 aliphatic rings. The van der Waals surface area contributed by atoms with Crippen LogP contribution >= 0.6 is 0 Å². The van der Waals surface area contributed by atoms with Crippen molar-refractivity contribution < 1.29 is 14.3 Å². The van der Waals surface area contributed by atoms with E-state index in [1.54, 1.807) is 9.80 Å². The minimum Gasteiger partial charge on any atom is -0.447 e. The van der Waals surface area contributed by atoms with E-state index in [4.69, 9.17) is 4.74 Å². The molecule has 0 bridgehead atoms. The van der Waals surface area contributed by atoms with Gasteiger partial charge in [0, 0.05) is 32.7 Å². The van der Waals surface area contributed by atoms with Gasteiger partial charge in [-0.3, -0.25) is 0 Å². The van der Waals surface area contributed by atoms with Crippen LogP contribution in [0.2, 0.25) is 0 Å². The van der Waals surface area contributed by atoms with Crippen molar-refractivity contribution in [3.63, 3.8) is 0 Å². The van der Waals surface area contributed by atoms with Crippen LogP contribution in [0.1, 0.15) is 39.5 Å². The lowest BCUT2D eigenvalue weighted by atomic mass is 10.1. The predicted octanol–water partition coefficient (Wildman–Crippen LogP) is 2.05. The molecule has 0 radical (unpaired) electrons. The Hall–Kier alpha value is -1.46. The number of carbonyl (C=O) groups is 2. The smallest absolute Gasteiger partial charge is 0.410 e. The van der Waals surface area contributed by atoms with Crippen molar-refractivity contribution in [1.29, 1.82) is 0 Å². The molecule has 1 aliphatic carbocycles. The second kappa shape index (κ2) is 7.00. The second-order valence-electron chi connectivity index (χ2n) is 6.47. The number of rotatable bonds is 4. The number of nitrogens with one attached hydrogen (secondary N) is 1. The fourth-order valence-electron chi connectivity index (χ4n) is 2.54. The van der Waals surface area contributed by atoms with E-state index in [1.165, 1.54) is 12.8 Å². The Balaban J connectivity index is 1.68. The van der Waals surface area contributed by atoms with Crippen LogP contribution in [0.25, 0.3) is 0 Å². The highest BCUT2D eigenvalue weighted by Gasteiger charge is 2.28. The van der Waals surface area contributed by atoms with E-state index in [2.05, 4.69) is 5.32 Å². The molecule has 1 N–H and O–H groups in total. The molecule has 0 unspecified atom stereocenters. The molecule has 3 amide bonds. The van der Waals surface area contributed by atoms with E-state index in [1.807, 2.05) is 20.9 Å². The highest BCUT2D eigenvalue weighted by molar-refractivity contribution is 5.74. The minimum atomic E-state index is -0.249. The quantitative estimate of drug-likeness (QED) is 0.864. The van der Waals surface area contributed by atoms with Crippen molar-refractivity contribution in [3.05, 3.63) is 0 Å². The molecule has 6 nitrogen and oxygen atoms in total. The Morgan fingerprint density at radius 3 is 2.38 bits per heavy atom. The lowest BCUT2D eigenvalue weighted by Gasteiger charge is -2.33. The second-order valence-corrected chi connectivity index (χ2v) is 6.47. The number of carbonyl (C=O) groups excluding carboxylic acids is 2. The Kier molecular flexibility index (Phi) is 5.31. The van der Waals surface area contributed by atoms with Crippen LogP contribution in [0.5, 0.6) is 0 Å². The van der Waals surface area contributed by atoms with Crippen LogP contribution in [0, 0.1) is 5.92 Å². The van der Waals surface area contributed by atoms with Gasteiger partial charge in [-0.05, 0) is 45.4 Å². The molecule has 0 spiro atoms. The maximum Gasteiger partial charge on any atom is 0.410 e. The Morgan fingerprint density at radius 2 is 1.86 bits per heavy atom. The zero-order valence-electron chi connectivity index (χ0n) is 13.3. The van der Waals surface area contributed by atoms with Gasteiger partial charge in [-0.15, -0.1) is 0 Å². The first-order valence-corrected chi connectivity index (χ1v) is 7.93. The third-order valence-electron chi connectivity index (χ3n) is 3.99. The normalized spacial score (nSPS) is 19.5. The third-order valence-corrected chi connectivity index (χ3v) is 3.99. The molecule has 21 heavy (non-hydrogen) atoms. The molecule has 1 heterocycles. The van der Waals surface area contributed by atoms with Crippen LogP contribution in [-0.2, 0) is 4.74 Å². The van der Waals surface area contributed by atoms with Gasteiger partial charge in [-0.25, -0.2) is 9.59 Å². The van der Waals surface area contributed by atoms with Gasteiger partial charge >= 0.3 is 12.1 Å². The van der Waals surface area contributed by atoms with E-state index >= 15 is 0 Å². The summed E-state index contributed by atoms with van der Waals surface area (Å²) in [6, 6.07) is 0.160. The van der Waals surface area contributed by atoms with Crippen LogP contribution in [-0.4, -0.2) is 60.8 Å². The average molecular weight is 297 g/mol. The summed E-state index contributed by atoms with van der Waals surface area (Å²) in [6.07, 6.45) is 3.72. The Labute approximate surface area is 126 Å². The molecule has 0 atom stereocenters. The van der Waals surface area contributed by atoms with Gasteiger partial charge in [-0.2, -0.15) is 0 Å². The summed E-state index contributed by atoms with van der Waals surface area (Å²) in [6.45, 7) is 5.83. The van der Waals surface area contributed by atoms with Crippen molar-refractivity contribution in [3.8, 4) is 0 Å². The van der Waals surface area contributed by atoms with Gasteiger partial charge in [-0.1, -0.05) is 0 Å². The lowest BCUT2D eigenvalue weighted by Crippen LogP contribution is -2.50. The molecule has 120 valence electrons. The molecule has 6 heteroatoms. The minimum absolute atomic E-state index is 0.00473. The first kappa shape index (κ1) is 15.9. The van der Waals surface area contributed by atoms with Gasteiger partial charge in [0.15, 0.2) is 0 Å². The van der Waals surface area contributed by atoms with E-state index in [9.17, 15) is 9.59 Å².